The molecular formula is C16H15BrO7. The van der Waals surface area contributed by atoms with E-state index in [1.54, 1.807) is 12.1 Å². The predicted molar refractivity (Wildman–Crippen MR) is 86.1 cm³/mol. The minimum absolute atomic E-state index is 0.200. The summed E-state index contributed by atoms with van der Waals surface area (Å²) in [6.07, 6.45) is 0.140. The third-order valence-electron chi connectivity index (χ3n) is 3.04. The summed E-state index contributed by atoms with van der Waals surface area (Å²) in [6.45, 7) is 4.26. The molecule has 1 aromatic carbocycles. The summed E-state index contributed by atoms with van der Waals surface area (Å²) in [5, 5.41) is 8.95. The lowest BCUT2D eigenvalue weighted by molar-refractivity contribution is -0.222. The third kappa shape index (κ3) is 4.14. The monoisotopic (exact) mass is 398 g/mol. The number of carbonyl (C=O) groups is 3. The van der Waals surface area contributed by atoms with Gasteiger partial charge in [-0.2, -0.15) is 0 Å². The van der Waals surface area contributed by atoms with Gasteiger partial charge in [0.1, 0.15) is 11.3 Å². The molecule has 0 bridgehead atoms. The molecule has 0 amide bonds. The summed E-state index contributed by atoms with van der Waals surface area (Å²) < 4.78 is 16.0. The van der Waals surface area contributed by atoms with Crippen molar-refractivity contribution in [1.29, 1.82) is 0 Å². The van der Waals surface area contributed by atoms with Crippen molar-refractivity contribution in [1.82, 2.24) is 0 Å². The number of benzene rings is 1. The lowest BCUT2D eigenvalue weighted by Crippen LogP contribution is -2.41. The van der Waals surface area contributed by atoms with E-state index in [0.29, 0.717) is 10.0 Å². The zero-order chi connectivity index (χ0) is 18.1. The van der Waals surface area contributed by atoms with Gasteiger partial charge in [-0.15, -0.1) is 0 Å². The van der Waals surface area contributed by atoms with Gasteiger partial charge in [0.15, 0.2) is 6.10 Å². The van der Waals surface area contributed by atoms with Gasteiger partial charge in [-0.1, -0.05) is 15.9 Å². The molecule has 0 radical (unpaired) electrons. The average Bonchev–Trinajstić information content (AvgIpc) is 2.44. The molecule has 7 nitrogen and oxygen atoms in total. The van der Waals surface area contributed by atoms with E-state index in [-0.39, 0.29) is 11.3 Å². The number of hydrogen-bond donors (Lipinski definition) is 1. The molecule has 24 heavy (non-hydrogen) atoms. The molecule has 0 aromatic heterocycles. The normalized spacial score (nSPS) is 17.6. The average molecular weight is 399 g/mol. The minimum Gasteiger partial charge on any atom is -0.479 e. The van der Waals surface area contributed by atoms with Crippen LogP contribution in [0.1, 0.15) is 26.3 Å². The largest absolute Gasteiger partial charge is 0.479 e. The van der Waals surface area contributed by atoms with Crippen LogP contribution in [-0.4, -0.2) is 34.9 Å². The van der Waals surface area contributed by atoms with Gasteiger partial charge in [0.2, 0.25) is 0 Å². The highest BCUT2D eigenvalue weighted by atomic mass is 79.9. The summed E-state index contributed by atoms with van der Waals surface area (Å²) in [5.74, 6) is -3.93. The number of halogens is 1. The fourth-order valence-corrected chi connectivity index (χ4v) is 2.29. The fraction of sp³-hybridized carbons (Fsp3) is 0.312. The number of aliphatic carboxylic acids is 1. The first-order valence-corrected chi connectivity index (χ1v) is 7.76. The Bertz CT molecular complexity index is 714. The van der Waals surface area contributed by atoms with E-state index in [4.69, 9.17) is 19.3 Å². The van der Waals surface area contributed by atoms with Crippen LogP contribution < -0.4 is 4.74 Å². The van der Waals surface area contributed by atoms with Crippen molar-refractivity contribution in [3.05, 3.63) is 33.8 Å². The van der Waals surface area contributed by atoms with E-state index in [0.717, 1.165) is 0 Å². The van der Waals surface area contributed by atoms with Gasteiger partial charge in [-0.3, -0.25) is 0 Å². The van der Waals surface area contributed by atoms with E-state index in [9.17, 15) is 14.4 Å². The maximum absolute atomic E-state index is 12.0. The second-order valence-corrected chi connectivity index (χ2v) is 6.43. The van der Waals surface area contributed by atoms with Crippen LogP contribution >= 0.6 is 15.9 Å². The Kier molecular flexibility index (Phi) is 4.98. The molecule has 1 aliphatic heterocycles. The van der Waals surface area contributed by atoms with Crippen molar-refractivity contribution >= 4 is 39.9 Å². The summed E-state index contributed by atoms with van der Waals surface area (Å²) >= 11 is 3.27. The van der Waals surface area contributed by atoms with Crippen LogP contribution in [0.3, 0.4) is 0 Å². The molecule has 0 saturated carbocycles. The van der Waals surface area contributed by atoms with Crippen LogP contribution in [0.25, 0.3) is 6.08 Å². The zero-order valence-electron chi connectivity index (χ0n) is 13.2. The maximum atomic E-state index is 12.0. The topological polar surface area (TPSA) is 99.1 Å². The summed E-state index contributed by atoms with van der Waals surface area (Å²) in [7, 11) is 0. The zero-order valence-corrected chi connectivity index (χ0v) is 14.7. The number of ether oxygens (including phenoxy) is 3. The Hall–Kier alpha value is -2.35. The Morgan fingerprint density at radius 2 is 1.88 bits per heavy atom. The maximum Gasteiger partial charge on any atom is 0.348 e. The predicted octanol–water partition coefficient (Wildman–Crippen LogP) is 2.52. The molecule has 2 rings (SSSR count). The first-order valence-electron chi connectivity index (χ1n) is 6.96. The molecule has 1 aliphatic rings. The molecule has 1 aromatic rings. The molecule has 1 fully saturated rings. The van der Waals surface area contributed by atoms with Crippen molar-refractivity contribution in [3.63, 3.8) is 0 Å². The van der Waals surface area contributed by atoms with Crippen LogP contribution in [0.2, 0.25) is 0 Å². The Morgan fingerprint density at radius 1 is 1.29 bits per heavy atom. The molecule has 1 heterocycles. The van der Waals surface area contributed by atoms with Gasteiger partial charge in [0.25, 0.3) is 5.79 Å². The molecule has 128 valence electrons. The van der Waals surface area contributed by atoms with Crippen LogP contribution in [0.4, 0.5) is 0 Å². The van der Waals surface area contributed by atoms with E-state index in [2.05, 4.69) is 15.9 Å². The summed E-state index contributed by atoms with van der Waals surface area (Å²) in [5.41, 5.74) is 0.0290. The van der Waals surface area contributed by atoms with Gasteiger partial charge in [-0.25, -0.2) is 14.4 Å². The van der Waals surface area contributed by atoms with Crippen molar-refractivity contribution in [2.45, 2.75) is 32.7 Å². The number of carboxylic acids is 1. The second kappa shape index (κ2) is 6.64. The lowest BCUT2D eigenvalue weighted by atomic mass is 10.1. The highest BCUT2D eigenvalue weighted by molar-refractivity contribution is 9.10. The lowest BCUT2D eigenvalue weighted by Gasteiger charge is -2.29. The Morgan fingerprint density at radius 3 is 2.42 bits per heavy atom. The van der Waals surface area contributed by atoms with Crippen molar-refractivity contribution in [2.24, 2.45) is 0 Å². The van der Waals surface area contributed by atoms with E-state index in [1.165, 1.54) is 32.9 Å². The summed E-state index contributed by atoms with van der Waals surface area (Å²) in [6, 6.07) is 4.75. The molecule has 0 spiro atoms. The molecule has 1 atom stereocenters. The van der Waals surface area contributed by atoms with Crippen molar-refractivity contribution in [3.8, 4) is 5.75 Å². The van der Waals surface area contributed by atoms with Crippen molar-refractivity contribution in [2.75, 3.05) is 0 Å². The highest BCUT2D eigenvalue weighted by Gasteiger charge is 2.39. The van der Waals surface area contributed by atoms with E-state index < -0.39 is 29.8 Å². The third-order valence-corrected chi connectivity index (χ3v) is 3.53. The molecule has 1 N–H and O–H groups in total. The molecule has 1 saturated heterocycles. The number of carboxylic acid groups (broad SMARTS) is 1. The number of rotatable bonds is 4. The Labute approximate surface area is 146 Å². The van der Waals surface area contributed by atoms with E-state index >= 15 is 0 Å². The van der Waals surface area contributed by atoms with Gasteiger partial charge in [-0.05, 0) is 31.2 Å². The van der Waals surface area contributed by atoms with Crippen LogP contribution in [-0.2, 0) is 23.9 Å². The van der Waals surface area contributed by atoms with Gasteiger partial charge in [0, 0.05) is 23.9 Å². The molecule has 1 unspecified atom stereocenters. The molecular weight excluding hydrogens is 384 g/mol. The second-order valence-electron chi connectivity index (χ2n) is 5.52. The quantitative estimate of drug-likeness (QED) is 0.472. The highest BCUT2D eigenvalue weighted by Crippen LogP contribution is 2.29. The van der Waals surface area contributed by atoms with Crippen LogP contribution in [0.15, 0.2) is 28.2 Å². The van der Waals surface area contributed by atoms with Crippen LogP contribution in [0.5, 0.6) is 5.75 Å². The first-order chi connectivity index (χ1) is 11.1. The van der Waals surface area contributed by atoms with Gasteiger partial charge >= 0.3 is 17.9 Å². The number of hydrogen-bond acceptors (Lipinski definition) is 6. The first kappa shape index (κ1) is 18.0. The van der Waals surface area contributed by atoms with Crippen LogP contribution in [0, 0.1) is 0 Å². The van der Waals surface area contributed by atoms with Gasteiger partial charge < -0.3 is 19.3 Å². The number of esters is 2. The molecule has 8 heteroatoms. The Balaban J connectivity index is 2.41. The molecule has 0 aliphatic carbocycles. The smallest absolute Gasteiger partial charge is 0.348 e. The fourth-order valence-electron chi connectivity index (χ4n) is 1.91. The standard InChI is InChI=1S/C16H15BrO7/c1-8(13(18)19)22-12-5-4-10(17)6-9(12)7-11-14(20)23-16(2,3)24-15(11)21/h4-8H,1-3H3,(H,18,19). The van der Waals surface area contributed by atoms with Crippen molar-refractivity contribution < 1.29 is 33.7 Å². The van der Waals surface area contributed by atoms with E-state index in [1.807, 2.05) is 0 Å². The van der Waals surface area contributed by atoms with Gasteiger partial charge in [0.05, 0.1) is 0 Å². The SMILES string of the molecule is CC(Oc1ccc(Br)cc1C=C1C(=O)OC(C)(C)OC1=O)C(=O)O. The minimum atomic E-state index is -1.33. The number of cyclic esters (lactones) is 2. The number of carbonyl (C=O) groups excluding carboxylic acids is 2. The summed E-state index contributed by atoms with van der Waals surface area (Å²) in [4.78, 5) is 35.0.